The van der Waals surface area contributed by atoms with E-state index in [1.165, 1.54) is 5.56 Å². The molecule has 2 aromatic rings. The number of nitrogens with one attached hydrogen (secondary N) is 1. The molecular weight excluding hydrogens is 208 g/mol. The zero-order valence-corrected chi connectivity index (χ0v) is 10.3. The molecule has 0 spiro atoms. The minimum absolute atomic E-state index is 0.507. The van der Waals surface area contributed by atoms with E-state index in [4.69, 9.17) is 5.73 Å². The highest BCUT2D eigenvalue weighted by molar-refractivity contribution is 5.65. The third-order valence-electron chi connectivity index (χ3n) is 2.77. The summed E-state index contributed by atoms with van der Waals surface area (Å²) in [5, 5.41) is 3.43. The molecule has 0 fully saturated rings. The van der Waals surface area contributed by atoms with Gasteiger partial charge < -0.3 is 11.1 Å². The number of nitrogen functional groups attached to an aromatic ring is 1. The summed E-state index contributed by atoms with van der Waals surface area (Å²) in [5.74, 6) is 0.507. The Hall–Kier alpha value is -1.96. The first kappa shape index (κ1) is 11.5. The number of hydrogen-bond acceptors (Lipinski definition) is 2. The molecule has 0 aliphatic heterocycles. The molecule has 2 aromatic carbocycles. The Balaban J connectivity index is 2.26. The molecule has 0 aliphatic carbocycles. The summed E-state index contributed by atoms with van der Waals surface area (Å²) in [7, 11) is 0. The molecule has 0 bridgehead atoms. The van der Waals surface area contributed by atoms with Crippen LogP contribution in [-0.2, 0) is 0 Å². The molecule has 2 nitrogen and oxygen atoms in total. The Labute approximate surface area is 102 Å². The summed E-state index contributed by atoms with van der Waals surface area (Å²) >= 11 is 0. The van der Waals surface area contributed by atoms with Gasteiger partial charge in [0.25, 0.3) is 0 Å². The topological polar surface area (TPSA) is 38.0 Å². The van der Waals surface area contributed by atoms with Crippen LogP contribution in [0.1, 0.15) is 25.3 Å². The molecule has 0 amide bonds. The summed E-state index contributed by atoms with van der Waals surface area (Å²) in [6.07, 6.45) is 0. The van der Waals surface area contributed by atoms with Gasteiger partial charge in [-0.1, -0.05) is 32.0 Å². The molecule has 3 N–H and O–H groups in total. The molecule has 0 aromatic heterocycles. The predicted molar refractivity (Wildman–Crippen MR) is 74.7 cm³/mol. The zero-order chi connectivity index (χ0) is 12.3. The van der Waals surface area contributed by atoms with Gasteiger partial charge in [-0.2, -0.15) is 0 Å². The molecule has 17 heavy (non-hydrogen) atoms. The third-order valence-corrected chi connectivity index (χ3v) is 2.77. The second-order valence-corrected chi connectivity index (χ2v) is 4.49. The van der Waals surface area contributed by atoms with Crippen LogP contribution in [0.25, 0.3) is 0 Å². The quantitative estimate of drug-likeness (QED) is 0.772. The fourth-order valence-electron chi connectivity index (χ4n) is 1.84. The molecule has 88 valence electrons. The molecule has 0 unspecified atom stereocenters. The van der Waals surface area contributed by atoms with Crippen LogP contribution in [0.3, 0.4) is 0 Å². The van der Waals surface area contributed by atoms with E-state index in [-0.39, 0.29) is 0 Å². The predicted octanol–water partition coefficient (Wildman–Crippen LogP) is 4.14. The van der Waals surface area contributed by atoms with Crippen molar-refractivity contribution < 1.29 is 0 Å². The monoisotopic (exact) mass is 226 g/mol. The lowest BCUT2D eigenvalue weighted by Gasteiger charge is -2.14. The van der Waals surface area contributed by atoms with Crippen molar-refractivity contribution in [3.8, 4) is 0 Å². The Morgan fingerprint density at radius 3 is 2.24 bits per heavy atom. The Morgan fingerprint density at radius 1 is 0.941 bits per heavy atom. The maximum atomic E-state index is 5.67. The maximum absolute atomic E-state index is 5.67. The van der Waals surface area contributed by atoms with Crippen LogP contribution >= 0.6 is 0 Å². The van der Waals surface area contributed by atoms with Gasteiger partial charge >= 0.3 is 0 Å². The molecule has 0 heterocycles. The fraction of sp³-hybridized carbons (Fsp3) is 0.200. The van der Waals surface area contributed by atoms with Crippen molar-refractivity contribution in [3.63, 3.8) is 0 Å². The van der Waals surface area contributed by atoms with Crippen LogP contribution in [0, 0.1) is 0 Å². The largest absolute Gasteiger partial charge is 0.399 e. The molecule has 0 radical (unpaired) electrons. The summed E-state index contributed by atoms with van der Waals surface area (Å²) in [6, 6.07) is 16.2. The average Bonchev–Trinajstić information content (AvgIpc) is 2.32. The van der Waals surface area contributed by atoms with E-state index in [0.717, 1.165) is 17.1 Å². The summed E-state index contributed by atoms with van der Waals surface area (Å²) in [5.41, 5.74) is 10.0. The molecule has 0 saturated heterocycles. The van der Waals surface area contributed by atoms with E-state index in [1.807, 2.05) is 30.3 Å². The van der Waals surface area contributed by atoms with Gasteiger partial charge in [0.05, 0.1) is 0 Å². The first-order valence-electron chi connectivity index (χ1n) is 5.88. The van der Waals surface area contributed by atoms with Crippen molar-refractivity contribution in [1.29, 1.82) is 0 Å². The van der Waals surface area contributed by atoms with E-state index in [9.17, 15) is 0 Å². The lowest BCUT2D eigenvalue weighted by Crippen LogP contribution is -1.97. The number of nitrogens with two attached hydrogens (primary N) is 1. The smallest absolute Gasteiger partial charge is 0.0419 e. The first-order valence-corrected chi connectivity index (χ1v) is 5.88. The van der Waals surface area contributed by atoms with E-state index in [0.29, 0.717) is 5.92 Å². The van der Waals surface area contributed by atoms with E-state index in [2.05, 4.69) is 37.4 Å². The highest BCUT2D eigenvalue weighted by atomic mass is 14.9. The van der Waals surface area contributed by atoms with E-state index in [1.54, 1.807) is 0 Å². The van der Waals surface area contributed by atoms with Gasteiger partial charge in [0.2, 0.25) is 0 Å². The molecule has 0 atom stereocenters. The van der Waals surface area contributed by atoms with E-state index < -0.39 is 0 Å². The standard InChI is InChI=1S/C15H18N2/c1-11(2)14-5-3-4-6-15(14)17-13-9-7-12(16)8-10-13/h3-11,17H,16H2,1-2H3. The molecule has 2 heteroatoms. The SMILES string of the molecule is CC(C)c1ccccc1Nc1ccc(N)cc1. The molecule has 0 saturated carbocycles. The van der Waals surface area contributed by atoms with Crippen molar-refractivity contribution in [2.24, 2.45) is 0 Å². The highest BCUT2D eigenvalue weighted by Crippen LogP contribution is 2.26. The number of hydrogen-bond donors (Lipinski definition) is 2. The van der Waals surface area contributed by atoms with Crippen molar-refractivity contribution in [2.45, 2.75) is 19.8 Å². The normalized spacial score (nSPS) is 10.5. The number of benzene rings is 2. The van der Waals surface area contributed by atoms with Gasteiger partial charge in [0, 0.05) is 17.1 Å². The average molecular weight is 226 g/mol. The second-order valence-electron chi connectivity index (χ2n) is 4.49. The van der Waals surface area contributed by atoms with Crippen molar-refractivity contribution in [1.82, 2.24) is 0 Å². The van der Waals surface area contributed by atoms with Crippen molar-refractivity contribution in [2.75, 3.05) is 11.1 Å². The Kier molecular flexibility index (Phi) is 3.33. The van der Waals surface area contributed by atoms with Gasteiger partial charge in [-0.3, -0.25) is 0 Å². The number of anilines is 3. The molecule has 0 aliphatic rings. The summed E-state index contributed by atoms with van der Waals surface area (Å²) in [4.78, 5) is 0. The van der Waals surface area contributed by atoms with Gasteiger partial charge in [-0.15, -0.1) is 0 Å². The van der Waals surface area contributed by atoms with Crippen molar-refractivity contribution >= 4 is 17.1 Å². The lowest BCUT2D eigenvalue weighted by atomic mass is 10.0. The number of rotatable bonds is 3. The summed E-state index contributed by atoms with van der Waals surface area (Å²) in [6.45, 7) is 4.40. The minimum atomic E-state index is 0.507. The molecular formula is C15H18N2. The van der Waals surface area contributed by atoms with Crippen LogP contribution in [0.5, 0.6) is 0 Å². The van der Waals surface area contributed by atoms with Crippen LogP contribution in [0.4, 0.5) is 17.1 Å². The lowest BCUT2D eigenvalue weighted by molar-refractivity contribution is 0.869. The van der Waals surface area contributed by atoms with Crippen molar-refractivity contribution in [3.05, 3.63) is 54.1 Å². The maximum Gasteiger partial charge on any atom is 0.0419 e. The Morgan fingerprint density at radius 2 is 1.59 bits per heavy atom. The minimum Gasteiger partial charge on any atom is -0.399 e. The highest BCUT2D eigenvalue weighted by Gasteiger charge is 2.05. The summed E-state index contributed by atoms with van der Waals surface area (Å²) < 4.78 is 0. The second kappa shape index (κ2) is 4.91. The van der Waals surface area contributed by atoms with Crippen LogP contribution < -0.4 is 11.1 Å². The van der Waals surface area contributed by atoms with Crippen LogP contribution in [0.2, 0.25) is 0 Å². The molecule has 2 rings (SSSR count). The number of para-hydroxylation sites is 1. The zero-order valence-electron chi connectivity index (χ0n) is 10.3. The van der Waals surface area contributed by atoms with Crippen LogP contribution in [-0.4, -0.2) is 0 Å². The van der Waals surface area contributed by atoms with Gasteiger partial charge in [0.15, 0.2) is 0 Å². The van der Waals surface area contributed by atoms with Crippen LogP contribution in [0.15, 0.2) is 48.5 Å². The van der Waals surface area contributed by atoms with Gasteiger partial charge in [-0.25, -0.2) is 0 Å². The van der Waals surface area contributed by atoms with E-state index >= 15 is 0 Å². The third kappa shape index (κ3) is 2.78. The first-order chi connectivity index (χ1) is 8.16. The fourth-order valence-corrected chi connectivity index (χ4v) is 1.84. The van der Waals surface area contributed by atoms with Gasteiger partial charge in [0.1, 0.15) is 0 Å². The van der Waals surface area contributed by atoms with Gasteiger partial charge in [-0.05, 0) is 41.8 Å². The Bertz CT molecular complexity index is 487.